The Labute approximate surface area is 235 Å². The quantitative estimate of drug-likeness (QED) is 0.303. The van der Waals surface area contributed by atoms with Gasteiger partial charge in [0.1, 0.15) is 11.4 Å². The number of aromatic nitrogens is 2. The van der Waals surface area contributed by atoms with Crippen molar-refractivity contribution in [2.24, 2.45) is 0 Å². The molecule has 3 aromatic rings. The molecule has 0 saturated carbocycles. The zero-order valence-corrected chi connectivity index (χ0v) is 23.6. The van der Waals surface area contributed by atoms with Gasteiger partial charge in [-0.15, -0.1) is 0 Å². The van der Waals surface area contributed by atoms with E-state index in [1.807, 2.05) is 52.1 Å². The Kier molecular flexibility index (Phi) is 9.68. The lowest BCUT2D eigenvalue weighted by atomic mass is 10.1. The van der Waals surface area contributed by atoms with Crippen molar-refractivity contribution < 1.29 is 19.1 Å². The highest BCUT2D eigenvalue weighted by Crippen LogP contribution is 2.22. The molecule has 1 amide bonds. The summed E-state index contributed by atoms with van der Waals surface area (Å²) in [5, 5.41) is 6.30. The number of likely N-dealkylation sites (N-methyl/N-ethyl adjacent to an activating group) is 1. The topological polar surface area (TPSA) is 109 Å². The number of nitrogens with zero attached hydrogens (tertiary/aromatic N) is 4. The number of benzene rings is 2. The van der Waals surface area contributed by atoms with Crippen LogP contribution in [0.4, 0.5) is 16.4 Å². The minimum absolute atomic E-state index is 0.196. The van der Waals surface area contributed by atoms with Gasteiger partial charge in [0.2, 0.25) is 5.95 Å². The fourth-order valence-electron chi connectivity index (χ4n) is 4.10. The lowest BCUT2D eigenvalue weighted by Gasteiger charge is -2.31. The SMILES string of the molecule is CN1CCN(C(=O)Oc2ccc(Nc3ncc(-c4ccc(CCNCC(=O)OC(C)(C)C)cc4)cn3)cc2)CC1. The minimum Gasteiger partial charge on any atom is -0.459 e. The normalized spacial score (nSPS) is 14.1. The van der Waals surface area contributed by atoms with Crippen molar-refractivity contribution >= 4 is 23.7 Å². The van der Waals surface area contributed by atoms with E-state index in [0.717, 1.165) is 41.9 Å². The Morgan fingerprint density at radius 2 is 1.55 bits per heavy atom. The number of carbonyl (C=O) groups excluding carboxylic acids is 2. The predicted molar refractivity (Wildman–Crippen MR) is 155 cm³/mol. The molecule has 0 unspecified atom stereocenters. The van der Waals surface area contributed by atoms with Crippen LogP contribution in [0.15, 0.2) is 60.9 Å². The Morgan fingerprint density at radius 1 is 0.900 bits per heavy atom. The summed E-state index contributed by atoms with van der Waals surface area (Å²) in [6.07, 6.45) is 4.03. The minimum atomic E-state index is -0.472. The summed E-state index contributed by atoms with van der Waals surface area (Å²) >= 11 is 0. The number of anilines is 2. The van der Waals surface area contributed by atoms with Gasteiger partial charge in [0.15, 0.2) is 0 Å². The van der Waals surface area contributed by atoms with E-state index in [-0.39, 0.29) is 18.6 Å². The monoisotopic (exact) mass is 546 g/mol. The molecule has 1 fully saturated rings. The van der Waals surface area contributed by atoms with Crippen LogP contribution in [-0.4, -0.2) is 83.7 Å². The molecule has 0 spiro atoms. The van der Waals surface area contributed by atoms with Crippen LogP contribution in [-0.2, 0) is 16.0 Å². The van der Waals surface area contributed by atoms with Crippen LogP contribution in [0.3, 0.4) is 0 Å². The molecule has 0 bridgehead atoms. The first-order valence-electron chi connectivity index (χ1n) is 13.5. The molecule has 1 aromatic heterocycles. The summed E-state index contributed by atoms with van der Waals surface area (Å²) in [5.41, 5.74) is 3.41. The predicted octanol–water partition coefficient (Wildman–Crippen LogP) is 4.11. The number of esters is 1. The van der Waals surface area contributed by atoms with Crippen molar-refractivity contribution in [3.8, 4) is 16.9 Å². The first kappa shape index (κ1) is 29.0. The molecule has 2 heterocycles. The zero-order valence-electron chi connectivity index (χ0n) is 23.6. The van der Waals surface area contributed by atoms with Crippen molar-refractivity contribution in [2.45, 2.75) is 32.8 Å². The van der Waals surface area contributed by atoms with Gasteiger partial charge in [0, 0.05) is 49.8 Å². The summed E-state index contributed by atoms with van der Waals surface area (Å²) in [6, 6.07) is 15.4. The van der Waals surface area contributed by atoms with E-state index in [1.165, 1.54) is 0 Å². The number of hydrogen-bond acceptors (Lipinski definition) is 9. The molecule has 0 radical (unpaired) electrons. The van der Waals surface area contributed by atoms with Gasteiger partial charge in [-0.2, -0.15) is 0 Å². The molecule has 4 rings (SSSR count). The third-order valence-corrected chi connectivity index (χ3v) is 6.30. The van der Waals surface area contributed by atoms with Crippen molar-refractivity contribution in [1.29, 1.82) is 0 Å². The Hall–Kier alpha value is -4.02. The van der Waals surface area contributed by atoms with Crippen LogP contribution in [0.2, 0.25) is 0 Å². The molecule has 40 heavy (non-hydrogen) atoms. The number of hydrogen-bond donors (Lipinski definition) is 2. The summed E-state index contributed by atoms with van der Waals surface area (Å²) in [7, 11) is 2.04. The third kappa shape index (κ3) is 9.03. The van der Waals surface area contributed by atoms with Crippen LogP contribution >= 0.6 is 0 Å². The second-order valence-corrected chi connectivity index (χ2v) is 10.8. The van der Waals surface area contributed by atoms with E-state index in [4.69, 9.17) is 9.47 Å². The molecular weight excluding hydrogens is 508 g/mol. The van der Waals surface area contributed by atoms with E-state index >= 15 is 0 Å². The summed E-state index contributed by atoms with van der Waals surface area (Å²) in [6.45, 7) is 9.48. The molecule has 0 aliphatic carbocycles. The molecule has 10 heteroatoms. The number of ether oxygens (including phenoxy) is 2. The molecule has 212 valence electrons. The molecule has 1 aliphatic rings. The highest BCUT2D eigenvalue weighted by atomic mass is 16.6. The van der Waals surface area contributed by atoms with Crippen LogP contribution < -0.4 is 15.4 Å². The summed E-state index contributed by atoms with van der Waals surface area (Å²) in [4.78, 5) is 36.9. The average molecular weight is 547 g/mol. The average Bonchev–Trinajstić information content (AvgIpc) is 2.92. The number of carbonyl (C=O) groups is 2. The van der Waals surface area contributed by atoms with Crippen LogP contribution in [0.1, 0.15) is 26.3 Å². The second kappa shape index (κ2) is 13.4. The fourth-order valence-corrected chi connectivity index (χ4v) is 4.10. The second-order valence-electron chi connectivity index (χ2n) is 10.8. The summed E-state index contributed by atoms with van der Waals surface area (Å²) in [5.74, 6) is 0.714. The van der Waals surface area contributed by atoms with E-state index in [9.17, 15) is 9.59 Å². The standard InChI is InChI=1S/C30H38N6O4/c1-30(2,3)40-27(37)21-31-14-13-22-5-7-23(8-6-22)24-19-32-28(33-20-24)34-25-9-11-26(12-10-25)39-29(38)36-17-15-35(4)16-18-36/h5-12,19-20,31H,13-18,21H2,1-4H3,(H,32,33,34). The number of rotatable bonds is 9. The van der Waals surface area contributed by atoms with E-state index in [1.54, 1.807) is 29.4 Å². The lowest BCUT2D eigenvalue weighted by molar-refractivity contribution is -0.153. The Bertz CT molecular complexity index is 1250. The van der Waals surface area contributed by atoms with Crippen molar-refractivity contribution in [3.05, 3.63) is 66.5 Å². The van der Waals surface area contributed by atoms with Gasteiger partial charge in [0.25, 0.3) is 0 Å². The van der Waals surface area contributed by atoms with Crippen molar-refractivity contribution in [2.75, 3.05) is 51.6 Å². The molecule has 2 aromatic carbocycles. The number of nitrogens with one attached hydrogen (secondary N) is 2. The van der Waals surface area contributed by atoms with Gasteiger partial charge in [-0.3, -0.25) is 4.79 Å². The van der Waals surface area contributed by atoms with E-state index < -0.39 is 5.60 Å². The lowest BCUT2D eigenvalue weighted by Crippen LogP contribution is -2.48. The fraction of sp³-hybridized carbons (Fsp3) is 0.400. The Morgan fingerprint density at radius 3 is 2.17 bits per heavy atom. The zero-order chi connectivity index (χ0) is 28.5. The van der Waals surface area contributed by atoms with Gasteiger partial charge in [-0.25, -0.2) is 14.8 Å². The van der Waals surface area contributed by atoms with Gasteiger partial charge in [-0.05, 0) is 76.2 Å². The van der Waals surface area contributed by atoms with Gasteiger partial charge in [0.05, 0.1) is 6.54 Å². The van der Waals surface area contributed by atoms with Gasteiger partial charge < -0.3 is 29.9 Å². The molecule has 10 nitrogen and oxygen atoms in total. The van der Waals surface area contributed by atoms with Gasteiger partial charge >= 0.3 is 12.1 Å². The smallest absolute Gasteiger partial charge is 0.415 e. The highest BCUT2D eigenvalue weighted by Gasteiger charge is 2.20. The molecule has 1 saturated heterocycles. The maximum absolute atomic E-state index is 12.4. The van der Waals surface area contributed by atoms with Gasteiger partial charge in [-0.1, -0.05) is 24.3 Å². The number of piperazine rings is 1. The first-order valence-corrected chi connectivity index (χ1v) is 13.5. The van der Waals surface area contributed by atoms with E-state index in [0.29, 0.717) is 31.3 Å². The maximum Gasteiger partial charge on any atom is 0.415 e. The number of amides is 1. The largest absolute Gasteiger partial charge is 0.459 e. The molecule has 2 N–H and O–H groups in total. The first-order chi connectivity index (χ1) is 19.1. The molecule has 1 aliphatic heterocycles. The highest BCUT2D eigenvalue weighted by molar-refractivity contribution is 5.72. The maximum atomic E-state index is 12.4. The van der Waals surface area contributed by atoms with Crippen LogP contribution in [0.5, 0.6) is 5.75 Å². The summed E-state index contributed by atoms with van der Waals surface area (Å²) < 4.78 is 10.8. The Balaban J connectivity index is 1.22. The van der Waals surface area contributed by atoms with Crippen LogP contribution in [0.25, 0.3) is 11.1 Å². The third-order valence-electron chi connectivity index (χ3n) is 6.30. The van der Waals surface area contributed by atoms with E-state index in [2.05, 4.69) is 37.6 Å². The van der Waals surface area contributed by atoms with Crippen molar-refractivity contribution in [3.63, 3.8) is 0 Å². The molecular formula is C30H38N6O4. The van der Waals surface area contributed by atoms with Crippen molar-refractivity contribution in [1.82, 2.24) is 25.1 Å². The van der Waals surface area contributed by atoms with Crippen LogP contribution in [0, 0.1) is 0 Å². The molecule has 0 atom stereocenters.